The summed E-state index contributed by atoms with van der Waals surface area (Å²) in [5.74, 6) is 0. The molecule has 0 radical (unpaired) electrons. The van der Waals surface area contributed by atoms with Crippen molar-refractivity contribution in [2.45, 2.75) is 44.0 Å². The summed E-state index contributed by atoms with van der Waals surface area (Å²) in [5, 5.41) is 0. The number of fused-ring (bicyclic) bond motifs is 1. The topological polar surface area (TPSA) is 63.4 Å². The van der Waals surface area contributed by atoms with Crippen molar-refractivity contribution in [3.05, 3.63) is 29.3 Å². The van der Waals surface area contributed by atoms with Crippen molar-refractivity contribution in [3.63, 3.8) is 0 Å². The third kappa shape index (κ3) is 3.02. The van der Waals surface area contributed by atoms with Crippen molar-refractivity contribution >= 4 is 27.2 Å². The van der Waals surface area contributed by atoms with E-state index in [9.17, 15) is 8.42 Å². The number of sulfonamides is 1. The first-order valence-corrected chi connectivity index (χ1v) is 8.59. The molecule has 1 aromatic carbocycles. The van der Waals surface area contributed by atoms with Crippen LogP contribution in [0.2, 0.25) is 0 Å². The van der Waals surface area contributed by atoms with E-state index in [2.05, 4.69) is 0 Å². The lowest BCUT2D eigenvalue weighted by Crippen LogP contribution is -2.42. The number of hydrogen-bond acceptors (Lipinski definition) is 3. The summed E-state index contributed by atoms with van der Waals surface area (Å²) in [5.41, 5.74) is 7.92. The zero-order valence-corrected chi connectivity index (χ0v) is 13.4. The SMILES string of the molecule is CC(C)N(CC(N)=S)S(=O)(=O)c1ccc2c(c1)CCC2. The van der Waals surface area contributed by atoms with E-state index in [4.69, 9.17) is 18.0 Å². The van der Waals surface area contributed by atoms with Gasteiger partial charge in [0.2, 0.25) is 10.0 Å². The molecule has 1 aliphatic carbocycles. The van der Waals surface area contributed by atoms with Gasteiger partial charge in [-0.2, -0.15) is 4.31 Å². The highest BCUT2D eigenvalue weighted by Crippen LogP contribution is 2.26. The lowest BCUT2D eigenvalue weighted by Gasteiger charge is -2.25. The first-order valence-electron chi connectivity index (χ1n) is 6.74. The van der Waals surface area contributed by atoms with Gasteiger partial charge in [-0.05, 0) is 56.4 Å². The Kier molecular flexibility index (Phi) is 4.46. The third-order valence-corrected chi connectivity index (χ3v) is 5.71. The smallest absolute Gasteiger partial charge is 0.243 e. The van der Waals surface area contributed by atoms with E-state index in [1.165, 1.54) is 9.87 Å². The molecule has 6 heteroatoms. The molecule has 2 rings (SSSR count). The van der Waals surface area contributed by atoms with Crippen LogP contribution in [0.15, 0.2) is 23.1 Å². The molecule has 0 spiro atoms. The fraction of sp³-hybridized carbons (Fsp3) is 0.500. The average Bonchev–Trinajstić information content (AvgIpc) is 2.82. The molecule has 20 heavy (non-hydrogen) atoms. The van der Waals surface area contributed by atoms with Crippen LogP contribution in [-0.2, 0) is 22.9 Å². The van der Waals surface area contributed by atoms with Crippen molar-refractivity contribution in [1.82, 2.24) is 4.31 Å². The Hall–Kier alpha value is -0.980. The predicted octanol–water partition coefficient (Wildman–Crippen LogP) is 1.86. The molecule has 0 atom stereocenters. The molecule has 0 saturated heterocycles. The summed E-state index contributed by atoms with van der Waals surface area (Å²) >= 11 is 4.86. The average molecular weight is 312 g/mol. The highest BCUT2D eigenvalue weighted by molar-refractivity contribution is 7.89. The summed E-state index contributed by atoms with van der Waals surface area (Å²) in [7, 11) is -3.55. The maximum absolute atomic E-state index is 12.7. The predicted molar refractivity (Wildman–Crippen MR) is 84.3 cm³/mol. The molecule has 0 amide bonds. The van der Waals surface area contributed by atoms with Gasteiger partial charge in [-0.3, -0.25) is 0 Å². The number of benzene rings is 1. The Morgan fingerprint density at radius 3 is 2.60 bits per heavy atom. The van der Waals surface area contributed by atoms with Gasteiger partial charge < -0.3 is 5.73 Å². The molecule has 1 aromatic rings. The van der Waals surface area contributed by atoms with Gasteiger partial charge in [0.1, 0.15) is 0 Å². The van der Waals surface area contributed by atoms with Crippen molar-refractivity contribution in [2.75, 3.05) is 6.54 Å². The molecule has 2 N–H and O–H groups in total. The van der Waals surface area contributed by atoms with E-state index in [-0.39, 0.29) is 17.6 Å². The molecule has 0 aromatic heterocycles. The Bertz CT molecular complexity index is 624. The zero-order chi connectivity index (χ0) is 14.9. The van der Waals surface area contributed by atoms with Crippen molar-refractivity contribution < 1.29 is 8.42 Å². The van der Waals surface area contributed by atoms with Crippen LogP contribution in [0.4, 0.5) is 0 Å². The molecule has 0 heterocycles. The number of hydrogen-bond donors (Lipinski definition) is 1. The van der Waals surface area contributed by atoms with Crippen LogP contribution in [-0.4, -0.2) is 30.3 Å². The van der Waals surface area contributed by atoms with Gasteiger partial charge in [0, 0.05) is 6.04 Å². The lowest BCUT2D eigenvalue weighted by molar-refractivity contribution is 0.391. The number of rotatable bonds is 5. The van der Waals surface area contributed by atoms with Gasteiger partial charge in [0.15, 0.2) is 0 Å². The highest BCUT2D eigenvalue weighted by Gasteiger charge is 2.28. The van der Waals surface area contributed by atoms with E-state index >= 15 is 0 Å². The Morgan fingerprint density at radius 1 is 1.35 bits per heavy atom. The van der Waals surface area contributed by atoms with Crippen molar-refractivity contribution in [2.24, 2.45) is 5.73 Å². The fourth-order valence-electron chi connectivity index (χ4n) is 2.54. The molecule has 0 fully saturated rings. The maximum atomic E-state index is 12.7. The van der Waals surface area contributed by atoms with Gasteiger partial charge in [0.05, 0.1) is 16.4 Å². The summed E-state index contributed by atoms with van der Waals surface area (Å²) in [6, 6.07) is 5.23. The largest absolute Gasteiger partial charge is 0.392 e. The Labute approximate surface area is 126 Å². The molecule has 1 aliphatic rings. The maximum Gasteiger partial charge on any atom is 0.243 e. The van der Waals surface area contributed by atoms with Crippen LogP contribution >= 0.6 is 12.2 Å². The highest BCUT2D eigenvalue weighted by atomic mass is 32.2. The second kappa shape index (κ2) is 5.79. The van der Waals surface area contributed by atoms with Gasteiger partial charge in [0.25, 0.3) is 0 Å². The van der Waals surface area contributed by atoms with Gasteiger partial charge >= 0.3 is 0 Å². The van der Waals surface area contributed by atoms with Gasteiger partial charge in [-0.25, -0.2) is 8.42 Å². The summed E-state index contributed by atoms with van der Waals surface area (Å²) in [6.07, 6.45) is 3.09. The Balaban J connectivity index is 2.40. The minimum Gasteiger partial charge on any atom is -0.392 e. The quantitative estimate of drug-likeness (QED) is 0.843. The molecule has 110 valence electrons. The summed E-state index contributed by atoms with van der Waals surface area (Å²) in [6.45, 7) is 3.72. The van der Waals surface area contributed by atoms with Crippen LogP contribution in [0.25, 0.3) is 0 Å². The molecule has 4 nitrogen and oxygen atoms in total. The van der Waals surface area contributed by atoms with Crippen LogP contribution in [0, 0.1) is 0 Å². The number of aryl methyl sites for hydroxylation is 2. The molecule has 0 bridgehead atoms. The molecule has 0 saturated carbocycles. The summed E-state index contributed by atoms with van der Waals surface area (Å²) < 4.78 is 26.8. The van der Waals surface area contributed by atoms with Crippen LogP contribution in [0.1, 0.15) is 31.4 Å². The number of nitrogens with zero attached hydrogens (tertiary/aromatic N) is 1. The Morgan fingerprint density at radius 2 is 2.00 bits per heavy atom. The minimum atomic E-state index is -3.55. The molecule has 0 aliphatic heterocycles. The molecular weight excluding hydrogens is 292 g/mol. The monoisotopic (exact) mass is 312 g/mol. The van der Waals surface area contributed by atoms with Crippen LogP contribution in [0.3, 0.4) is 0 Å². The van der Waals surface area contributed by atoms with Gasteiger partial charge in [-0.15, -0.1) is 0 Å². The normalized spacial score (nSPS) is 14.8. The van der Waals surface area contributed by atoms with Crippen molar-refractivity contribution in [3.8, 4) is 0 Å². The number of nitrogens with two attached hydrogens (primary N) is 1. The first kappa shape index (κ1) is 15.4. The second-order valence-corrected chi connectivity index (χ2v) is 7.81. The summed E-state index contributed by atoms with van der Waals surface area (Å²) in [4.78, 5) is 0.520. The minimum absolute atomic E-state index is 0.0758. The van der Waals surface area contributed by atoms with E-state index in [1.807, 2.05) is 19.9 Å². The number of thiocarbonyl (C=S) groups is 1. The molecular formula is C14H20N2O2S2. The van der Waals surface area contributed by atoms with E-state index in [1.54, 1.807) is 12.1 Å². The fourth-order valence-corrected chi connectivity index (χ4v) is 4.43. The standard InChI is InChI=1S/C14H20N2O2S2/c1-10(2)16(9-14(15)19)20(17,18)13-7-6-11-4-3-5-12(11)8-13/h6-8,10H,3-5,9H2,1-2H3,(H2,15,19). The zero-order valence-electron chi connectivity index (χ0n) is 11.8. The van der Waals surface area contributed by atoms with E-state index in [0.717, 1.165) is 24.8 Å². The van der Waals surface area contributed by atoms with Crippen LogP contribution < -0.4 is 5.73 Å². The second-order valence-electron chi connectivity index (χ2n) is 5.39. The first-order chi connectivity index (χ1) is 9.32. The van der Waals surface area contributed by atoms with Crippen molar-refractivity contribution in [1.29, 1.82) is 0 Å². The lowest BCUT2D eigenvalue weighted by atomic mass is 10.1. The van der Waals surface area contributed by atoms with E-state index in [0.29, 0.717) is 4.90 Å². The van der Waals surface area contributed by atoms with E-state index < -0.39 is 10.0 Å². The van der Waals surface area contributed by atoms with Gasteiger partial charge in [-0.1, -0.05) is 18.3 Å². The van der Waals surface area contributed by atoms with Crippen LogP contribution in [0.5, 0.6) is 0 Å². The third-order valence-electron chi connectivity index (χ3n) is 3.56. The molecule has 0 unspecified atom stereocenters.